The third-order valence-corrected chi connectivity index (χ3v) is 3.29. The summed E-state index contributed by atoms with van der Waals surface area (Å²) in [7, 11) is 1.79. The predicted octanol–water partition coefficient (Wildman–Crippen LogP) is 1.40. The van der Waals surface area contributed by atoms with Crippen molar-refractivity contribution in [2.45, 2.75) is 25.6 Å². The molecule has 17 heavy (non-hydrogen) atoms. The summed E-state index contributed by atoms with van der Waals surface area (Å²) in [4.78, 5) is 13.8. The number of nitrogens with zero attached hydrogens (tertiary/aromatic N) is 2. The first kappa shape index (κ1) is 11.6. The Hall–Kier alpha value is -1.86. The second-order valence-corrected chi connectivity index (χ2v) is 4.77. The maximum absolute atomic E-state index is 12.1. The second-order valence-electron chi connectivity index (χ2n) is 4.77. The number of hydrogen-bond donors (Lipinski definition) is 1. The van der Waals surface area contributed by atoms with E-state index in [2.05, 4.69) is 11.4 Å². The molecule has 0 aliphatic carbocycles. The van der Waals surface area contributed by atoms with Crippen molar-refractivity contribution < 1.29 is 4.79 Å². The van der Waals surface area contributed by atoms with E-state index in [1.807, 2.05) is 26.0 Å². The van der Waals surface area contributed by atoms with E-state index in [0.717, 1.165) is 5.56 Å². The quantitative estimate of drug-likeness (QED) is 0.792. The molecular formula is C13H15N3O. The number of rotatable bonds is 1. The molecule has 1 aliphatic rings. The van der Waals surface area contributed by atoms with E-state index in [4.69, 9.17) is 5.26 Å². The minimum atomic E-state index is -0.338. The van der Waals surface area contributed by atoms with Crippen molar-refractivity contribution in [3.05, 3.63) is 35.4 Å². The molecule has 0 spiro atoms. The number of benzene rings is 1. The minimum absolute atomic E-state index is 0.0553. The average molecular weight is 229 g/mol. The molecule has 1 fully saturated rings. The van der Waals surface area contributed by atoms with E-state index in [0.29, 0.717) is 5.56 Å². The molecule has 0 unspecified atom stereocenters. The van der Waals surface area contributed by atoms with Crippen LogP contribution in [0.3, 0.4) is 0 Å². The highest BCUT2D eigenvalue weighted by Crippen LogP contribution is 2.28. The summed E-state index contributed by atoms with van der Waals surface area (Å²) >= 11 is 0. The van der Waals surface area contributed by atoms with Gasteiger partial charge >= 0.3 is 0 Å². The molecule has 1 aliphatic heterocycles. The van der Waals surface area contributed by atoms with E-state index in [1.54, 1.807) is 24.1 Å². The van der Waals surface area contributed by atoms with Gasteiger partial charge in [-0.25, -0.2) is 0 Å². The van der Waals surface area contributed by atoms with Gasteiger partial charge in [-0.3, -0.25) is 10.1 Å². The van der Waals surface area contributed by atoms with Gasteiger partial charge < -0.3 is 4.90 Å². The molecule has 1 amide bonds. The Kier molecular flexibility index (Phi) is 2.64. The molecule has 0 saturated carbocycles. The Morgan fingerprint density at radius 3 is 2.35 bits per heavy atom. The lowest BCUT2D eigenvalue weighted by Gasteiger charge is -2.26. The van der Waals surface area contributed by atoms with Crippen LogP contribution in [0.2, 0.25) is 0 Å². The molecule has 0 bridgehead atoms. The molecule has 4 nitrogen and oxygen atoms in total. The molecule has 1 aromatic carbocycles. The van der Waals surface area contributed by atoms with Crippen molar-refractivity contribution in [2.24, 2.45) is 0 Å². The smallest absolute Gasteiger partial charge is 0.245 e. The number of hydrogen-bond acceptors (Lipinski definition) is 3. The standard InChI is InChI=1S/C13H15N3O/c1-13(2)15-11(12(17)16(13)3)10-6-4-9(8-14)5-7-10/h4-7,11,15H,1-3H3/t11-/m1/s1. The summed E-state index contributed by atoms with van der Waals surface area (Å²) < 4.78 is 0. The Morgan fingerprint density at radius 2 is 1.94 bits per heavy atom. The van der Waals surface area contributed by atoms with E-state index in [-0.39, 0.29) is 17.6 Å². The van der Waals surface area contributed by atoms with E-state index in [1.165, 1.54) is 0 Å². The normalized spacial score (nSPS) is 22.6. The van der Waals surface area contributed by atoms with Gasteiger partial charge in [0.05, 0.1) is 17.3 Å². The first-order valence-corrected chi connectivity index (χ1v) is 5.51. The fraction of sp³-hybridized carbons (Fsp3) is 0.385. The summed E-state index contributed by atoms with van der Waals surface area (Å²) in [6, 6.07) is 8.86. The van der Waals surface area contributed by atoms with Crippen molar-refractivity contribution in [3.63, 3.8) is 0 Å². The van der Waals surface area contributed by atoms with Gasteiger partial charge in [0, 0.05) is 7.05 Å². The van der Waals surface area contributed by atoms with Crippen LogP contribution in [0.4, 0.5) is 0 Å². The fourth-order valence-electron chi connectivity index (χ4n) is 1.96. The van der Waals surface area contributed by atoms with Crippen molar-refractivity contribution in [3.8, 4) is 6.07 Å². The van der Waals surface area contributed by atoms with Gasteiger partial charge in [-0.2, -0.15) is 5.26 Å². The predicted molar refractivity (Wildman–Crippen MR) is 63.9 cm³/mol. The van der Waals surface area contributed by atoms with E-state index >= 15 is 0 Å². The van der Waals surface area contributed by atoms with Gasteiger partial charge in [0.25, 0.3) is 0 Å². The largest absolute Gasteiger partial charge is 0.326 e. The Balaban J connectivity index is 2.30. The Labute approximate surface area is 101 Å². The van der Waals surface area contributed by atoms with Crippen LogP contribution in [-0.2, 0) is 4.79 Å². The topological polar surface area (TPSA) is 56.1 Å². The van der Waals surface area contributed by atoms with Crippen molar-refractivity contribution in [1.29, 1.82) is 5.26 Å². The molecule has 1 atom stereocenters. The van der Waals surface area contributed by atoms with Crippen LogP contribution in [0.1, 0.15) is 31.0 Å². The lowest BCUT2D eigenvalue weighted by Crippen LogP contribution is -2.44. The number of nitrogens with one attached hydrogen (secondary N) is 1. The van der Waals surface area contributed by atoms with Gasteiger partial charge in [-0.15, -0.1) is 0 Å². The number of nitriles is 1. The summed E-state index contributed by atoms with van der Waals surface area (Å²) in [5.41, 5.74) is 1.16. The number of likely N-dealkylation sites (N-methyl/N-ethyl adjacent to an activating group) is 1. The molecule has 1 saturated heterocycles. The second kappa shape index (κ2) is 3.86. The maximum Gasteiger partial charge on any atom is 0.245 e. The molecule has 2 rings (SSSR count). The SMILES string of the molecule is CN1C(=O)[C@@H](c2ccc(C#N)cc2)NC1(C)C. The monoisotopic (exact) mass is 229 g/mol. The zero-order chi connectivity index (χ0) is 12.6. The molecular weight excluding hydrogens is 214 g/mol. The number of amides is 1. The molecule has 0 radical (unpaired) electrons. The first-order valence-electron chi connectivity index (χ1n) is 5.51. The van der Waals surface area contributed by atoms with Crippen LogP contribution in [0.5, 0.6) is 0 Å². The Bertz CT molecular complexity index is 484. The van der Waals surface area contributed by atoms with Crippen LogP contribution < -0.4 is 5.32 Å². The van der Waals surface area contributed by atoms with E-state index in [9.17, 15) is 4.79 Å². The van der Waals surface area contributed by atoms with Gasteiger partial charge in [0.2, 0.25) is 5.91 Å². The van der Waals surface area contributed by atoms with Crippen molar-refractivity contribution in [1.82, 2.24) is 10.2 Å². The van der Waals surface area contributed by atoms with Crippen LogP contribution >= 0.6 is 0 Å². The molecule has 88 valence electrons. The summed E-state index contributed by atoms with van der Waals surface area (Å²) in [5.74, 6) is 0.0553. The summed E-state index contributed by atoms with van der Waals surface area (Å²) in [6.45, 7) is 3.93. The zero-order valence-corrected chi connectivity index (χ0v) is 10.2. The van der Waals surface area contributed by atoms with Crippen LogP contribution in [0.15, 0.2) is 24.3 Å². The fourth-order valence-corrected chi connectivity index (χ4v) is 1.96. The highest BCUT2D eigenvalue weighted by molar-refractivity contribution is 5.86. The highest BCUT2D eigenvalue weighted by Gasteiger charge is 2.42. The van der Waals surface area contributed by atoms with Gasteiger partial charge in [-0.1, -0.05) is 12.1 Å². The average Bonchev–Trinajstić information content (AvgIpc) is 2.53. The lowest BCUT2D eigenvalue weighted by atomic mass is 10.1. The third kappa shape index (κ3) is 1.90. The molecule has 1 heterocycles. The van der Waals surface area contributed by atoms with Crippen LogP contribution in [0.25, 0.3) is 0 Å². The van der Waals surface area contributed by atoms with Gasteiger partial charge in [0.1, 0.15) is 6.04 Å². The summed E-state index contributed by atoms with van der Waals surface area (Å²) in [6.07, 6.45) is 0. The number of carbonyl (C=O) groups is 1. The van der Waals surface area contributed by atoms with Crippen LogP contribution in [-0.4, -0.2) is 23.5 Å². The first-order chi connectivity index (χ1) is 7.95. The minimum Gasteiger partial charge on any atom is -0.326 e. The lowest BCUT2D eigenvalue weighted by molar-refractivity contribution is -0.130. The summed E-state index contributed by atoms with van der Waals surface area (Å²) in [5, 5.41) is 12.0. The zero-order valence-electron chi connectivity index (χ0n) is 10.2. The van der Waals surface area contributed by atoms with Gasteiger partial charge in [0.15, 0.2) is 0 Å². The van der Waals surface area contributed by atoms with Gasteiger partial charge in [-0.05, 0) is 31.5 Å². The number of carbonyl (C=O) groups excluding carboxylic acids is 1. The molecule has 4 heteroatoms. The van der Waals surface area contributed by atoms with Crippen LogP contribution in [0, 0.1) is 11.3 Å². The Morgan fingerprint density at radius 1 is 1.35 bits per heavy atom. The highest BCUT2D eigenvalue weighted by atomic mass is 16.2. The van der Waals surface area contributed by atoms with E-state index < -0.39 is 0 Å². The molecule has 1 N–H and O–H groups in total. The van der Waals surface area contributed by atoms with Crippen molar-refractivity contribution in [2.75, 3.05) is 7.05 Å². The third-order valence-electron chi connectivity index (χ3n) is 3.29. The maximum atomic E-state index is 12.1. The van der Waals surface area contributed by atoms with Crippen molar-refractivity contribution >= 4 is 5.91 Å². The molecule has 1 aromatic rings. The molecule has 0 aromatic heterocycles.